The van der Waals surface area contributed by atoms with Crippen molar-refractivity contribution in [2.24, 2.45) is 0 Å². The van der Waals surface area contributed by atoms with Crippen molar-refractivity contribution in [2.75, 3.05) is 0 Å². The lowest BCUT2D eigenvalue weighted by Gasteiger charge is -2.07. The molecule has 4 heteroatoms. The van der Waals surface area contributed by atoms with Gasteiger partial charge >= 0.3 is 0 Å². The van der Waals surface area contributed by atoms with E-state index in [1.165, 1.54) is 12.1 Å². The molecule has 0 fully saturated rings. The fourth-order valence-corrected chi connectivity index (χ4v) is 1.52. The molecule has 0 spiro atoms. The number of halogens is 2. The fraction of sp³-hybridized carbons (Fsp3) is 0.0833. The second kappa shape index (κ2) is 4.37. The third kappa shape index (κ3) is 1.92. The van der Waals surface area contributed by atoms with Crippen LogP contribution in [-0.2, 0) is 6.61 Å². The predicted octanol–water partition coefficient (Wildman–Crippen LogP) is 2.52. The van der Waals surface area contributed by atoms with Crippen LogP contribution in [0.2, 0.25) is 0 Å². The zero-order chi connectivity index (χ0) is 11.5. The van der Waals surface area contributed by atoms with Crippen molar-refractivity contribution in [3.8, 4) is 11.1 Å². The normalized spacial score (nSPS) is 10.4. The van der Waals surface area contributed by atoms with Crippen molar-refractivity contribution >= 4 is 0 Å². The predicted molar refractivity (Wildman–Crippen MR) is 55.5 cm³/mol. The molecule has 16 heavy (non-hydrogen) atoms. The zero-order valence-electron chi connectivity index (χ0n) is 8.32. The average molecular weight is 221 g/mol. The van der Waals surface area contributed by atoms with E-state index in [0.717, 1.165) is 6.07 Å². The van der Waals surface area contributed by atoms with Crippen LogP contribution in [0.4, 0.5) is 8.78 Å². The second-order valence-corrected chi connectivity index (χ2v) is 3.27. The van der Waals surface area contributed by atoms with Crippen LogP contribution in [0.5, 0.6) is 0 Å². The maximum absolute atomic E-state index is 13.5. The molecule has 2 nitrogen and oxygen atoms in total. The molecule has 2 rings (SSSR count). The van der Waals surface area contributed by atoms with Gasteiger partial charge in [0.2, 0.25) is 5.95 Å². The quantitative estimate of drug-likeness (QED) is 0.790. The Morgan fingerprint density at radius 1 is 1.00 bits per heavy atom. The molecule has 0 aliphatic heterocycles. The first kappa shape index (κ1) is 10.7. The molecule has 0 aliphatic rings. The van der Waals surface area contributed by atoms with E-state index in [0.29, 0.717) is 11.1 Å². The van der Waals surface area contributed by atoms with Crippen LogP contribution in [0, 0.1) is 11.8 Å². The van der Waals surface area contributed by atoms with Crippen LogP contribution < -0.4 is 0 Å². The number of aliphatic hydroxyl groups is 1. The van der Waals surface area contributed by atoms with Gasteiger partial charge in [0.1, 0.15) is 5.82 Å². The highest BCUT2D eigenvalue weighted by Gasteiger charge is 2.10. The van der Waals surface area contributed by atoms with Gasteiger partial charge in [-0.15, -0.1) is 0 Å². The topological polar surface area (TPSA) is 33.1 Å². The van der Waals surface area contributed by atoms with Gasteiger partial charge in [-0.25, -0.2) is 9.37 Å². The van der Waals surface area contributed by atoms with Gasteiger partial charge in [-0.1, -0.05) is 18.2 Å². The Morgan fingerprint density at radius 3 is 2.44 bits per heavy atom. The average Bonchev–Trinajstić information content (AvgIpc) is 2.30. The molecule has 1 heterocycles. The smallest absolute Gasteiger partial charge is 0.213 e. The van der Waals surface area contributed by atoms with Crippen LogP contribution in [0.15, 0.2) is 36.4 Å². The van der Waals surface area contributed by atoms with E-state index < -0.39 is 18.4 Å². The summed E-state index contributed by atoms with van der Waals surface area (Å²) in [6.07, 6.45) is 0. The van der Waals surface area contributed by atoms with E-state index in [9.17, 15) is 8.78 Å². The van der Waals surface area contributed by atoms with Gasteiger partial charge in [-0.2, -0.15) is 4.39 Å². The Bertz CT molecular complexity index is 514. The first-order valence-electron chi connectivity index (χ1n) is 4.73. The summed E-state index contributed by atoms with van der Waals surface area (Å²) < 4.78 is 26.3. The Labute approximate surface area is 91.2 Å². The minimum absolute atomic E-state index is 0.130. The van der Waals surface area contributed by atoms with Crippen LogP contribution in [0.3, 0.4) is 0 Å². The molecule has 2 aromatic rings. The zero-order valence-corrected chi connectivity index (χ0v) is 8.32. The van der Waals surface area contributed by atoms with Crippen LogP contribution in [-0.4, -0.2) is 10.1 Å². The lowest BCUT2D eigenvalue weighted by Crippen LogP contribution is -1.97. The van der Waals surface area contributed by atoms with Crippen molar-refractivity contribution in [3.05, 3.63) is 53.9 Å². The number of aromatic nitrogens is 1. The molecule has 82 valence electrons. The molecule has 1 aromatic heterocycles. The Morgan fingerprint density at radius 2 is 1.75 bits per heavy atom. The summed E-state index contributed by atoms with van der Waals surface area (Å²) in [5.74, 6) is -1.12. The van der Waals surface area contributed by atoms with E-state index >= 15 is 0 Å². The highest BCUT2D eigenvalue weighted by atomic mass is 19.1. The monoisotopic (exact) mass is 221 g/mol. The summed E-state index contributed by atoms with van der Waals surface area (Å²) in [5.41, 5.74) is 0.839. The summed E-state index contributed by atoms with van der Waals surface area (Å²) in [6.45, 7) is -0.429. The summed E-state index contributed by atoms with van der Waals surface area (Å²) in [5, 5.41) is 9.04. The van der Waals surface area contributed by atoms with Crippen molar-refractivity contribution in [3.63, 3.8) is 0 Å². The maximum atomic E-state index is 13.5. The van der Waals surface area contributed by atoms with Gasteiger partial charge < -0.3 is 5.11 Å². The highest BCUT2D eigenvalue weighted by Crippen LogP contribution is 2.25. The second-order valence-electron chi connectivity index (χ2n) is 3.27. The van der Waals surface area contributed by atoms with Gasteiger partial charge in [0.25, 0.3) is 0 Å². The third-order valence-electron chi connectivity index (χ3n) is 2.25. The molecule has 1 N–H and O–H groups in total. The lowest BCUT2D eigenvalue weighted by atomic mass is 10.0. The molecule has 0 bridgehead atoms. The van der Waals surface area contributed by atoms with Crippen LogP contribution in [0.1, 0.15) is 5.69 Å². The van der Waals surface area contributed by atoms with Crippen LogP contribution >= 0.6 is 0 Å². The van der Waals surface area contributed by atoms with Gasteiger partial charge in [0.15, 0.2) is 0 Å². The Kier molecular flexibility index (Phi) is 2.92. The highest BCUT2D eigenvalue weighted by molar-refractivity contribution is 5.66. The maximum Gasteiger partial charge on any atom is 0.213 e. The molecule has 0 unspecified atom stereocenters. The third-order valence-corrected chi connectivity index (χ3v) is 2.25. The molecule has 0 amide bonds. The summed E-state index contributed by atoms with van der Waals surface area (Å²) in [6, 6.07) is 8.65. The van der Waals surface area contributed by atoms with E-state index in [1.54, 1.807) is 18.2 Å². The van der Waals surface area contributed by atoms with Crippen molar-refractivity contribution in [2.45, 2.75) is 6.61 Å². The number of hydrogen-bond acceptors (Lipinski definition) is 2. The minimum Gasteiger partial charge on any atom is -0.390 e. The Balaban J connectivity index is 2.60. The molecule has 0 atom stereocenters. The summed E-state index contributed by atoms with van der Waals surface area (Å²) in [7, 11) is 0. The number of benzene rings is 1. The molecular weight excluding hydrogens is 212 g/mol. The van der Waals surface area contributed by atoms with E-state index in [-0.39, 0.29) is 5.69 Å². The van der Waals surface area contributed by atoms with E-state index in [1.807, 2.05) is 0 Å². The SMILES string of the molecule is OCc1nc(F)ccc1-c1ccccc1F. The van der Waals surface area contributed by atoms with Gasteiger partial charge in [-0.3, -0.25) is 0 Å². The number of rotatable bonds is 2. The Hall–Kier alpha value is -1.81. The number of pyridine rings is 1. The standard InChI is InChI=1S/C12H9F2NO/c13-10-4-2-1-3-8(10)9-5-6-12(14)15-11(9)7-16/h1-6,16H,7H2. The number of hydrogen-bond donors (Lipinski definition) is 1. The van der Waals surface area contributed by atoms with Crippen LogP contribution in [0.25, 0.3) is 11.1 Å². The minimum atomic E-state index is -0.691. The van der Waals surface area contributed by atoms with Crippen molar-refractivity contribution in [1.29, 1.82) is 0 Å². The first-order chi connectivity index (χ1) is 7.72. The molecule has 0 radical (unpaired) electrons. The molecule has 1 aromatic carbocycles. The van der Waals surface area contributed by atoms with Crippen molar-refractivity contribution < 1.29 is 13.9 Å². The molecular formula is C12H9F2NO. The molecule has 0 saturated carbocycles. The van der Waals surface area contributed by atoms with Gasteiger partial charge in [0, 0.05) is 11.1 Å². The fourth-order valence-electron chi connectivity index (χ4n) is 1.52. The first-order valence-corrected chi connectivity index (χ1v) is 4.73. The lowest BCUT2D eigenvalue weighted by molar-refractivity contribution is 0.275. The largest absolute Gasteiger partial charge is 0.390 e. The molecule has 0 aliphatic carbocycles. The van der Waals surface area contributed by atoms with Crippen molar-refractivity contribution in [1.82, 2.24) is 4.98 Å². The molecule has 0 saturated heterocycles. The number of nitrogens with zero attached hydrogens (tertiary/aromatic N) is 1. The van der Waals surface area contributed by atoms with Gasteiger partial charge in [0.05, 0.1) is 12.3 Å². The summed E-state index contributed by atoms with van der Waals surface area (Å²) in [4.78, 5) is 3.53. The van der Waals surface area contributed by atoms with E-state index in [4.69, 9.17) is 5.11 Å². The van der Waals surface area contributed by atoms with E-state index in [2.05, 4.69) is 4.98 Å². The van der Waals surface area contributed by atoms with Gasteiger partial charge in [-0.05, 0) is 18.2 Å². The number of aliphatic hydroxyl groups excluding tert-OH is 1. The summed E-state index contributed by atoms with van der Waals surface area (Å²) >= 11 is 0.